The van der Waals surface area contributed by atoms with Crippen LogP contribution in [-0.4, -0.2) is 11.6 Å². The number of rotatable bonds is 4. The molecule has 1 aromatic rings. The van der Waals surface area contributed by atoms with E-state index in [-0.39, 0.29) is 0 Å². The first kappa shape index (κ1) is 10.6. The van der Waals surface area contributed by atoms with Crippen molar-refractivity contribution in [3.63, 3.8) is 0 Å². The Labute approximate surface area is 87.8 Å². The maximum absolute atomic E-state index is 5.83. The first-order valence-corrected chi connectivity index (χ1v) is 5.03. The van der Waals surface area contributed by atoms with Crippen molar-refractivity contribution in [3.8, 4) is 5.88 Å². The number of pyridine rings is 1. The summed E-state index contributed by atoms with van der Waals surface area (Å²) in [5.41, 5.74) is 0.664. The smallest absolute Gasteiger partial charge is 0.213 e. The Bertz CT molecular complexity index is 278. The molecule has 13 heavy (non-hydrogen) atoms. The standard InChI is InChI=1S/C9H11Cl2NO/c1-2-5-13-9-4-3-7(11)8(6-10)12-9/h3-4H,2,5-6H2,1H3. The lowest BCUT2D eigenvalue weighted by molar-refractivity contribution is 0.304. The van der Waals surface area contributed by atoms with E-state index < -0.39 is 0 Å². The molecule has 0 unspecified atom stereocenters. The van der Waals surface area contributed by atoms with Crippen molar-refractivity contribution in [1.29, 1.82) is 0 Å². The number of aromatic nitrogens is 1. The molecular weight excluding hydrogens is 209 g/mol. The van der Waals surface area contributed by atoms with Gasteiger partial charge in [0.25, 0.3) is 0 Å². The van der Waals surface area contributed by atoms with Gasteiger partial charge in [-0.15, -0.1) is 11.6 Å². The molecule has 2 nitrogen and oxygen atoms in total. The molecule has 0 N–H and O–H groups in total. The van der Waals surface area contributed by atoms with E-state index in [1.165, 1.54) is 0 Å². The van der Waals surface area contributed by atoms with Gasteiger partial charge in [0, 0.05) is 6.07 Å². The predicted molar refractivity (Wildman–Crippen MR) is 54.6 cm³/mol. The van der Waals surface area contributed by atoms with Crippen molar-refractivity contribution in [3.05, 3.63) is 22.8 Å². The fourth-order valence-corrected chi connectivity index (χ4v) is 1.29. The first-order chi connectivity index (χ1) is 6.27. The molecule has 0 aromatic carbocycles. The Hall–Kier alpha value is -0.470. The average molecular weight is 220 g/mol. The van der Waals surface area contributed by atoms with Gasteiger partial charge in [0.15, 0.2) is 0 Å². The molecule has 0 bridgehead atoms. The molecule has 0 aliphatic heterocycles. The average Bonchev–Trinajstić information content (AvgIpc) is 2.16. The minimum Gasteiger partial charge on any atom is -0.478 e. The van der Waals surface area contributed by atoms with E-state index >= 15 is 0 Å². The van der Waals surface area contributed by atoms with Crippen molar-refractivity contribution in [1.82, 2.24) is 4.98 Å². The first-order valence-electron chi connectivity index (χ1n) is 4.12. The molecule has 1 heterocycles. The Kier molecular flexibility index (Phi) is 4.33. The van der Waals surface area contributed by atoms with Crippen molar-refractivity contribution >= 4 is 23.2 Å². The molecule has 0 amide bonds. The van der Waals surface area contributed by atoms with Crippen LogP contribution in [0.5, 0.6) is 5.88 Å². The Morgan fingerprint density at radius 3 is 2.85 bits per heavy atom. The molecule has 0 saturated carbocycles. The van der Waals surface area contributed by atoms with Gasteiger partial charge in [-0.2, -0.15) is 0 Å². The summed E-state index contributed by atoms with van der Waals surface area (Å²) in [6.45, 7) is 2.70. The summed E-state index contributed by atoms with van der Waals surface area (Å²) in [4.78, 5) is 4.14. The van der Waals surface area contributed by atoms with Gasteiger partial charge in [-0.05, 0) is 12.5 Å². The zero-order valence-electron chi connectivity index (χ0n) is 7.39. The number of nitrogens with zero attached hydrogens (tertiary/aromatic N) is 1. The van der Waals surface area contributed by atoms with E-state index in [0.29, 0.717) is 29.1 Å². The van der Waals surface area contributed by atoms with Gasteiger partial charge < -0.3 is 4.74 Å². The second-order valence-corrected chi connectivity index (χ2v) is 3.23. The molecule has 4 heteroatoms. The predicted octanol–water partition coefficient (Wildman–Crippen LogP) is 3.26. The number of hydrogen-bond donors (Lipinski definition) is 0. The molecule has 72 valence electrons. The van der Waals surface area contributed by atoms with Gasteiger partial charge in [0.1, 0.15) is 0 Å². The number of ether oxygens (including phenoxy) is 1. The van der Waals surface area contributed by atoms with Gasteiger partial charge in [0.05, 0.1) is 23.2 Å². The van der Waals surface area contributed by atoms with E-state index in [1.54, 1.807) is 12.1 Å². The van der Waals surface area contributed by atoms with Gasteiger partial charge in [-0.25, -0.2) is 4.98 Å². The summed E-state index contributed by atoms with van der Waals surface area (Å²) in [6.07, 6.45) is 0.959. The van der Waals surface area contributed by atoms with Gasteiger partial charge in [-0.3, -0.25) is 0 Å². The molecule has 0 radical (unpaired) electrons. The minimum absolute atomic E-state index is 0.308. The second kappa shape index (κ2) is 5.30. The van der Waals surface area contributed by atoms with Crippen molar-refractivity contribution < 1.29 is 4.74 Å². The Morgan fingerprint density at radius 1 is 1.46 bits per heavy atom. The van der Waals surface area contributed by atoms with E-state index in [9.17, 15) is 0 Å². The van der Waals surface area contributed by atoms with E-state index in [0.717, 1.165) is 6.42 Å². The third kappa shape index (κ3) is 3.05. The Balaban J connectivity index is 2.74. The third-order valence-electron chi connectivity index (χ3n) is 1.47. The van der Waals surface area contributed by atoms with Gasteiger partial charge in [-0.1, -0.05) is 18.5 Å². The number of halogens is 2. The van der Waals surface area contributed by atoms with Crippen molar-refractivity contribution in [2.45, 2.75) is 19.2 Å². The molecular formula is C9H11Cl2NO. The number of hydrogen-bond acceptors (Lipinski definition) is 2. The summed E-state index contributed by atoms with van der Waals surface area (Å²) in [5, 5.41) is 0.582. The van der Waals surface area contributed by atoms with Crippen LogP contribution in [0.2, 0.25) is 5.02 Å². The van der Waals surface area contributed by atoms with Crippen LogP contribution in [0.25, 0.3) is 0 Å². The lowest BCUT2D eigenvalue weighted by Crippen LogP contribution is -1.98. The molecule has 0 aliphatic carbocycles. The maximum Gasteiger partial charge on any atom is 0.213 e. The van der Waals surface area contributed by atoms with E-state index in [1.807, 2.05) is 6.92 Å². The highest BCUT2D eigenvalue weighted by Gasteiger charge is 2.02. The summed E-state index contributed by atoms with van der Waals surface area (Å²) in [7, 11) is 0. The van der Waals surface area contributed by atoms with Crippen LogP contribution in [0.1, 0.15) is 19.0 Å². The molecule has 0 saturated heterocycles. The van der Waals surface area contributed by atoms with Crippen molar-refractivity contribution in [2.75, 3.05) is 6.61 Å². The molecule has 0 fully saturated rings. The van der Waals surface area contributed by atoms with Gasteiger partial charge >= 0.3 is 0 Å². The molecule has 1 aromatic heterocycles. The Morgan fingerprint density at radius 2 is 2.23 bits per heavy atom. The quantitative estimate of drug-likeness (QED) is 0.726. The third-order valence-corrected chi connectivity index (χ3v) is 2.07. The zero-order valence-corrected chi connectivity index (χ0v) is 8.90. The van der Waals surface area contributed by atoms with Crippen LogP contribution in [-0.2, 0) is 5.88 Å². The van der Waals surface area contributed by atoms with Crippen LogP contribution >= 0.6 is 23.2 Å². The van der Waals surface area contributed by atoms with Gasteiger partial charge in [0.2, 0.25) is 5.88 Å². The maximum atomic E-state index is 5.83. The monoisotopic (exact) mass is 219 g/mol. The van der Waals surface area contributed by atoms with E-state index in [2.05, 4.69) is 4.98 Å². The van der Waals surface area contributed by atoms with Crippen LogP contribution < -0.4 is 4.74 Å². The molecule has 0 spiro atoms. The SMILES string of the molecule is CCCOc1ccc(Cl)c(CCl)n1. The highest BCUT2D eigenvalue weighted by Crippen LogP contribution is 2.19. The fourth-order valence-electron chi connectivity index (χ4n) is 0.845. The molecule has 0 aliphatic rings. The van der Waals surface area contributed by atoms with Crippen molar-refractivity contribution in [2.24, 2.45) is 0 Å². The molecule has 0 atom stereocenters. The summed E-state index contributed by atoms with van der Waals surface area (Å²) < 4.78 is 5.32. The second-order valence-electron chi connectivity index (χ2n) is 2.56. The normalized spacial score (nSPS) is 10.1. The largest absolute Gasteiger partial charge is 0.478 e. The summed E-state index contributed by atoms with van der Waals surface area (Å²) in [6, 6.07) is 3.49. The highest BCUT2D eigenvalue weighted by molar-refractivity contribution is 6.32. The summed E-state index contributed by atoms with van der Waals surface area (Å²) in [5.74, 6) is 0.893. The minimum atomic E-state index is 0.308. The fraction of sp³-hybridized carbons (Fsp3) is 0.444. The van der Waals surface area contributed by atoms with Crippen LogP contribution in [0.15, 0.2) is 12.1 Å². The number of alkyl halides is 1. The lowest BCUT2D eigenvalue weighted by atomic mass is 10.4. The highest BCUT2D eigenvalue weighted by atomic mass is 35.5. The van der Waals surface area contributed by atoms with Crippen LogP contribution in [0.3, 0.4) is 0 Å². The van der Waals surface area contributed by atoms with E-state index in [4.69, 9.17) is 27.9 Å². The zero-order chi connectivity index (χ0) is 9.68. The van der Waals surface area contributed by atoms with Crippen LogP contribution in [0, 0.1) is 0 Å². The summed E-state index contributed by atoms with van der Waals surface area (Å²) >= 11 is 11.5. The topological polar surface area (TPSA) is 22.1 Å². The lowest BCUT2D eigenvalue weighted by Gasteiger charge is -2.05. The van der Waals surface area contributed by atoms with Crippen LogP contribution in [0.4, 0.5) is 0 Å². The molecule has 1 rings (SSSR count).